The molecule has 0 spiro atoms. The fraction of sp³-hybridized carbons (Fsp3) is 0.413. The Morgan fingerprint density at radius 1 is 0.938 bits per heavy atom. The van der Waals surface area contributed by atoms with Gasteiger partial charge in [0.25, 0.3) is 5.56 Å². The number of halogens is 1. The van der Waals surface area contributed by atoms with Crippen LogP contribution >= 0.6 is 11.6 Å². The fourth-order valence-electron chi connectivity index (χ4n) is 7.94. The predicted molar refractivity (Wildman–Crippen MR) is 243 cm³/mol. The van der Waals surface area contributed by atoms with Gasteiger partial charge in [-0.1, -0.05) is 37.9 Å². The van der Waals surface area contributed by atoms with Crippen LogP contribution in [-0.2, 0) is 29.5 Å². The Morgan fingerprint density at radius 2 is 1.73 bits per heavy atom. The summed E-state index contributed by atoms with van der Waals surface area (Å²) in [5, 5.41) is 21.2. The van der Waals surface area contributed by atoms with Gasteiger partial charge in [-0.15, -0.1) is 0 Å². The van der Waals surface area contributed by atoms with E-state index in [9.17, 15) is 19.5 Å². The van der Waals surface area contributed by atoms with Crippen LogP contribution in [0, 0.1) is 5.92 Å². The molecule has 3 aliphatic rings. The third kappa shape index (κ3) is 9.91. The number of ketones is 1. The summed E-state index contributed by atoms with van der Waals surface area (Å²) >= 11 is 6.23. The number of piperidine rings is 1. The number of rotatable bonds is 14. The van der Waals surface area contributed by atoms with E-state index in [0.29, 0.717) is 109 Å². The van der Waals surface area contributed by atoms with Gasteiger partial charge in [0, 0.05) is 55.7 Å². The molecule has 2 fully saturated rings. The van der Waals surface area contributed by atoms with Crippen molar-refractivity contribution in [2.24, 2.45) is 13.0 Å². The van der Waals surface area contributed by atoms with Crippen molar-refractivity contribution < 1.29 is 33.6 Å². The van der Waals surface area contributed by atoms with Gasteiger partial charge in [0.1, 0.15) is 22.9 Å². The molecule has 3 aromatic carbocycles. The minimum absolute atomic E-state index is 0.0150. The number of benzene rings is 3. The number of aryl methyl sites for hydroxylation is 1. The highest BCUT2D eigenvalue weighted by Crippen LogP contribution is 2.34. The Morgan fingerprint density at radius 3 is 2.50 bits per heavy atom. The summed E-state index contributed by atoms with van der Waals surface area (Å²) in [6.45, 7) is 9.69. The average Bonchev–Trinajstić information content (AvgIpc) is 3.96. The van der Waals surface area contributed by atoms with Crippen molar-refractivity contribution >= 4 is 57.1 Å². The number of morpholine rings is 1. The van der Waals surface area contributed by atoms with Gasteiger partial charge in [0.2, 0.25) is 12.7 Å². The lowest BCUT2D eigenvalue weighted by molar-refractivity contribution is -0.142. The molecule has 6 aromatic rings. The minimum Gasteiger partial charge on any atom is -0.493 e. The lowest BCUT2D eigenvalue weighted by Crippen LogP contribution is -2.39. The molecule has 2 saturated heterocycles. The van der Waals surface area contributed by atoms with Crippen LogP contribution in [0.4, 0.5) is 11.8 Å². The number of H-pyrrole nitrogens is 1. The van der Waals surface area contributed by atoms with Crippen LogP contribution in [0.3, 0.4) is 0 Å². The second-order valence-electron chi connectivity index (χ2n) is 16.0. The number of aliphatic carboxylic acids is 1. The van der Waals surface area contributed by atoms with Crippen LogP contribution < -0.4 is 30.0 Å². The molecule has 0 saturated carbocycles. The van der Waals surface area contributed by atoms with E-state index in [1.165, 1.54) is 4.57 Å². The highest BCUT2D eigenvalue weighted by atomic mass is 35.5. The van der Waals surface area contributed by atoms with Gasteiger partial charge in [-0.25, -0.2) is 9.97 Å². The van der Waals surface area contributed by atoms with Gasteiger partial charge in [-0.05, 0) is 79.8 Å². The Bertz CT molecular complexity index is 2710. The Kier molecular flexibility index (Phi) is 13.9. The first-order valence-corrected chi connectivity index (χ1v) is 22.1. The number of nitrogens with zero attached hydrogens (tertiary/aromatic N) is 7. The second-order valence-corrected chi connectivity index (χ2v) is 16.4. The number of carbonyl (C=O) groups excluding carboxylic acids is 1. The van der Waals surface area contributed by atoms with E-state index in [4.69, 9.17) is 45.5 Å². The molecule has 0 unspecified atom stereocenters. The topological polar surface area (TPSA) is 199 Å². The van der Waals surface area contributed by atoms with Crippen molar-refractivity contribution in [3.63, 3.8) is 0 Å². The number of hydrogen-bond donors (Lipinski definition) is 3. The quantitative estimate of drug-likeness (QED) is 0.100. The van der Waals surface area contributed by atoms with Crippen LogP contribution in [0.15, 0.2) is 59.4 Å². The summed E-state index contributed by atoms with van der Waals surface area (Å²) in [5.74, 6) is 2.78. The van der Waals surface area contributed by atoms with Crippen molar-refractivity contribution in [3.8, 4) is 28.6 Å². The van der Waals surface area contributed by atoms with E-state index in [0.717, 1.165) is 66.0 Å². The second kappa shape index (κ2) is 20.0. The molecule has 9 rings (SSSR count). The van der Waals surface area contributed by atoms with E-state index in [2.05, 4.69) is 27.3 Å². The molecule has 0 bridgehead atoms. The highest BCUT2D eigenvalue weighted by molar-refractivity contribution is 6.31. The molecule has 17 nitrogen and oxygen atoms in total. The van der Waals surface area contributed by atoms with Crippen LogP contribution in [0.5, 0.6) is 17.2 Å². The molecular formula is C46H52ClN9O8. The fourth-order valence-corrected chi connectivity index (χ4v) is 8.11. The maximum Gasteiger partial charge on any atom is 0.306 e. The summed E-state index contributed by atoms with van der Waals surface area (Å²) in [6.07, 6.45) is 3.65. The first-order valence-electron chi connectivity index (χ1n) is 21.7. The zero-order valence-electron chi connectivity index (χ0n) is 36.2. The number of carboxylic acids is 1. The Hall–Kier alpha value is -6.30. The van der Waals surface area contributed by atoms with Gasteiger partial charge in [-0.2, -0.15) is 10.1 Å². The van der Waals surface area contributed by atoms with Gasteiger partial charge in [0.15, 0.2) is 22.8 Å². The lowest BCUT2D eigenvalue weighted by atomic mass is 9.97. The molecule has 3 aliphatic heterocycles. The molecule has 64 heavy (non-hydrogen) atoms. The van der Waals surface area contributed by atoms with Crippen LogP contribution in [0.2, 0.25) is 5.02 Å². The molecule has 6 heterocycles. The smallest absolute Gasteiger partial charge is 0.306 e. The summed E-state index contributed by atoms with van der Waals surface area (Å²) in [5.41, 5.74) is 4.49. The SMILES string of the molecule is CCCOc1ccc(C(=O)CN2CCOCC2)cc1-c1nc2c(CCC)[nH]nc2c(=O)n1C.O=C(O)C1CCN(c2nc(NCc3ccc4c(c3)OCO4)c3cc(Cl)ccc3n2)CC1. The van der Waals surface area contributed by atoms with Gasteiger partial charge in [0.05, 0.1) is 49.1 Å². The van der Waals surface area contributed by atoms with E-state index in [1.54, 1.807) is 31.3 Å². The van der Waals surface area contributed by atoms with Crippen molar-refractivity contribution in [2.45, 2.75) is 52.5 Å². The summed E-state index contributed by atoms with van der Waals surface area (Å²) in [4.78, 5) is 55.8. The minimum atomic E-state index is -0.736. The van der Waals surface area contributed by atoms with Crippen molar-refractivity contribution in [1.29, 1.82) is 0 Å². The maximum absolute atomic E-state index is 13.1. The molecular weight excluding hydrogens is 842 g/mol. The number of nitrogens with one attached hydrogen (secondary N) is 2. The number of ether oxygens (including phenoxy) is 4. The van der Waals surface area contributed by atoms with Crippen molar-refractivity contribution in [1.82, 2.24) is 34.6 Å². The number of aromatic nitrogens is 6. The van der Waals surface area contributed by atoms with E-state index >= 15 is 0 Å². The lowest BCUT2D eigenvalue weighted by Gasteiger charge is -2.30. The van der Waals surface area contributed by atoms with Crippen molar-refractivity contribution in [3.05, 3.63) is 86.8 Å². The Labute approximate surface area is 374 Å². The van der Waals surface area contributed by atoms with Crippen molar-refractivity contribution in [2.75, 3.05) is 69.6 Å². The average molecular weight is 894 g/mol. The molecule has 0 aliphatic carbocycles. The summed E-state index contributed by atoms with van der Waals surface area (Å²) in [7, 11) is 1.67. The van der Waals surface area contributed by atoms with E-state index < -0.39 is 5.97 Å². The monoisotopic (exact) mass is 893 g/mol. The Balaban J connectivity index is 0.000000175. The number of anilines is 2. The van der Waals surface area contributed by atoms with Crippen LogP contribution in [0.25, 0.3) is 33.3 Å². The molecule has 3 aromatic heterocycles. The van der Waals surface area contributed by atoms with Crippen LogP contribution in [0.1, 0.15) is 61.1 Å². The third-order valence-electron chi connectivity index (χ3n) is 11.5. The summed E-state index contributed by atoms with van der Waals surface area (Å²) in [6, 6.07) is 16.7. The van der Waals surface area contributed by atoms with Gasteiger partial charge in [-0.3, -0.25) is 28.9 Å². The first kappa shape index (κ1) is 44.3. The largest absolute Gasteiger partial charge is 0.493 e. The number of Topliss-reactive ketones (excluding diaryl/α,β-unsaturated/α-hetero) is 1. The van der Waals surface area contributed by atoms with Crippen LogP contribution in [-0.4, -0.2) is 111 Å². The number of hydrogen-bond acceptors (Lipinski definition) is 14. The third-order valence-corrected chi connectivity index (χ3v) is 11.7. The molecule has 0 radical (unpaired) electrons. The molecule has 3 N–H and O–H groups in total. The molecule has 0 atom stereocenters. The zero-order valence-corrected chi connectivity index (χ0v) is 36.9. The standard InChI is InChI=1S/C24H31N5O4.C22H21ClN4O4/c1-4-6-18-21-22(27-26-18)24(31)28(3)23(25-21)17-14-16(7-8-20(17)33-11-5-2)19(30)15-29-9-12-32-13-10-29;23-15-2-3-17-16(10-15)20(24-11-13-1-4-18-19(9-13)31-12-30-18)26-22(25-17)27-7-5-14(6-8-27)21(28)29/h7-8,14H,4-6,9-13,15H2,1-3H3,(H,26,27);1-4,9-10,14H,5-8,11-12H2,(H,28,29)(H,24,25,26). The zero-order chi connectivity index (χ0) is 44.7. The van der Waals surface area contributed by atoms with Gasteiger partial charge >= 0.3 is 5.97 Å². The summed E-state index contributed by atoms with van der Waals surface area (Å²) < 4.78 is 23.7. The number of carboxylic acid groups (broad SMARTS) is 1. The number of fused-ring (bicyclic) bond motifs is 3. The first-order chi connectivity index (χ1) is 31.1. The predicted octanol–water partition coefficient (Wildman–Crippen LogP) is 6.50. The maximum atomic E-state index is 13.1. The van der Waals surface area contributed by atoms with E-state index in [-0.39, 0.29) is 24.1 Å². The van der Waals surface area contributed by atoms with E-state index in [1.807, 2.05) is 42.2 Å². The van der Waals surface area contributed by atoms with Gasteiger partial charge < -0.3 is 34.3 Å². The molecule has 0 amide bonds. The number of carbonyl (C=O) groups is 2. The normalized spacial score (nSPS) is 15.3. The molecule has 18 heteroatoms. The molecule has 336 valence electrons. The number of aromatic amines is 1. The highest BCUT2D eigenvalue weighted by Gasteiger charge is 2.27.